The van der Waals surface area contributed by atoms with E-state index in [1.807, 2.05) is 0 Å². The molecule has 0 aromatic carbocycles. The molecule has 0 amide bonds. The van der Waals surface area contributed by atoms with Gasteiger partial charge < -0.3 is 16.6 Å². The topological polar surface area (TPSA) is 85.2 Å². The number of nitrogens with two attached hydrogens (primary N) is 2. The van der Waals surface area contributed by atoms with Gasteiger partial charge in [0.15, 0.2) is 0 Å². The molecule has 2 atom stereocenters. The molecule has 12 heavy (non-hydrogen) atoms. The van der Waals surface area contributed by atoms with Gasteiger partial charge in [-0.1, -0.05) is 0 Å². The zero-order valence-electron chi connectivity index (χ0n) is 6.94. The van der Waals surface area contributed by atoms with Gasteiger partial charge in [-0.25, -0.2) is 0 Å². The Bertz CT molecular complexity index is 262. The Hall–Kier alpha value is -1.13. The predicted molar refractivity (Wildman–Crippen MR) is 47.3 cm³/mol. The second kappa shape index (κ2) is 3.51. The van der Waals surface area contributed by atoms with Crippen LogP contribution >= 0.6 is 0 Å². The lowest BCUT2D eigenvalue weighted by molar-refractivity contribution is 0.163. The van der Waals surface area contributed by atoms with E-state index in [2.05, 4.69) is 4.98 Å². The quantitative estimate of drug-likeness (QED) is 0.580. The molecule has 0 aliphatic carbocycles. The normalized spacial score (nSPS) is 15.6. The Kier molecular flexibility index (Phi) is 2.62. The molecule has 4 heteroatoms. The molecule has 0 aliphatic rings. The standard InChI is InChI=1S/C8H13N3O/c1-5(12)7(10)8-6(9)3-2-4-11-8/h2-5,7,12H,9-10H2,1H3. The molecular weight excluding hydrogens is 154 g/mol. The van der Waals surface area contributed by atoms with Gasteiger partial charge in [-0.05, 0) is 19.1 Å². The summed E-state index contributed by atoms with van der Waals surface area (Å²) in [6.45, 7) is 1.61. The van der Waals surface area contributed by atoms with Crippen molar-refractivity contribution in [1.29, 1.82) is 0 Å². The van der Waals surface area contributed by atoms with Crippen LogP contribution < -0.4 is 11.5 Å². The molecule has 0 fully saturated rings. The summed E-state index contributed by atoms with van der Waals surface area (Å²) in [6, 6.07) is 2.93. The van der Waals surface area contributed by atoms with Crippen LogP contribution in [0.4, 0.5) is 5.69 Å². The van der Waals surface area contributed by atoms with Gasteiger partial charge in [0.2, 0.25) is 0 Å². The van der Waals surface area contributed by atoms with Crippen molar-refractivity contribution in [3.63, 3.8) is 0 Å². The van der Waals surface area contributed by atoms with Gasteiger partial charge in [0.05, 0.1) is 23.5 Å². The fourth-order valence-electron chi connectivity index (χ4n) is 0.937. The highest BCUT2D eigenvalue weighted by Gasteiger charge is 2.15. The summed E-state index contributed by atoms with van der Waals surface area (Å²) in [5.41, 5.74) is 12.3. The van der Waals surface area contributed by atoms with Crippen molar-refractivity contribution in [2.75, 3.05) is 5.73 Å². The van der Waals surface area contributed by atoms with Crippen LogP contribution in [0.2, 0.25) is 0 Å². The van der Waals surface area contributed by atoms with Crippen molar-refractivity contribution in [2.45, 2.75) is 19.1 Å². The average Bonchev–Trinajstić information content (AvgIpc) is 2.04. The average molecular weight is 167 g/mol. The molecule has 0 saturated heterocycles. The molecule has 0 aliphatic heterocycles. The lowest BCUT2D eigenvalue weighted by Gasteiger charge is -2.15. The van der Waals surface area contributed by atoms with Gasteiger partial charge in [0, 0.05) is 6.20 Å². The summed E-state index contributed by atoms with van der Waals surface area (Å²) in [7, 11) is 0. The van der Waals surface area contributed by atoms with Crippen molar-refractivity contribution in [1.82, 2.24) is 4.98 Å². The van der Waals surface area contributed by atoms with Crippen LogP contribution in [0, 0.1) is 0 Å². The minimum atomic E-state index is -0.637. The summed E-state index contributed by atoms with van der Waals surface area (Å²) < 4.78 is 0. The van der Waals surface area contributed by atoms with E-state index in [1.165, 1.54) is 0 Å². The predicted octanol–water partition coefficient (Wildman–Crippen LogP) is 0.0444. The molecule has 1 heterocycles. The van der Waals surface area contributed by atoms with Crippen LogP contribution in [0.5, 0.6) is 0 Å². The maximum atomic E-state index is 9.18. The van der Waals surface area contributed by atoms with Crippen molar-refractivity contribution in [3.8, 4) is 0 Å². The molecule has 0 bridgehead atoms. The summed E-state index contributed by atoms with van der Waals surface area (Å²) in [5.74, 6) is 0. The number of nitrogen functional groups attached to an aromatic ring is 1. The van der Waals surface area contributed by atoms with E-state index in [0.29, 0.717) is 11.4 Å². The molecule has 0 saturated carbocycles. The number of rotatable bonds is 2. The van der Waals surface area contributed by atoms with Gasteiger partial charge >= 0.3 is 0 Å². The first-order valence-electron chi connectivity index (χ1n) is 3.77. The number of hydrogen-bond donors (Lipinski definition) is 3. The highest BCUT2D eigenvalue weighted by atomic mass is 16.3. The summed E-state index contributed by atoms with van der Waals surface area (Å²) in [4.78, 5) is 3.99. The second-order valence-corrected chi connectivity index (χ2v) is 2.74. The molecule has 0 radical (unpaired) electrons. The molecule has 5 N–H and O–H groups in total. The monoisotopic (exact) mass is 167 g/mol. The van der Waals surface area contributed by atoms with Crippen LogP contribution in [0.25, 0.3) is 0 Å². The molecule has 1 aromatic heterocycles. The van der Waals surface area contributed by atoms with E-state index in [1.54, 1.807) is 25.3 Å². The first kappa shape index (κ1) is 8.96. The first-order valence-corrected chi connectivity index (χ1v) is 3.77. The molecule has 1 aromatic rings. The van der Waals surface area contributed by atoms with Crippen LogP contribution in [0.1, 0.15) is 18.7 Å². The highest BCUT2D eigenvalue weighted by Crippen LogP contribution is 2.17. The highest BCUT2D eigenvalue weighted by molar-refractivity contribution is 5.43. The maximum Gasteiger partial charge on any atom is 0.0826 e. The maximum absolute atomic E-state index is 9.18. The minimum Gasteiger partial charge on any atom is -0.397 e. The Morgan fingerprint density at radius 2 is 2.25 bits per heavy atom. The number of aliphatic hydroxyl groups is 1. The molecule has 4 nitrogen and oxygen atoms in total. The fourth-order valence-corrected chi connectivity index (χ4v) is 0.937. The van der Waals surface area contributed by atoms with Crippen LogP contribution in [0.3, 0.4) is 0 Å². The van der Waals surface area contributed by atoms with Gasteiger partial charge in [0.25, 0.3) is 0 Å². The minimum absolute atomic E-state index is 0.508. The van der Waals surface area contributed by atoms with Crippen LogP contribution in [-0.4, -0.2) is 16.2 Å². The third kappa shape index (κ3) is 1.72. The van der Waals surface area contributed by atoms with Crippen molar-refractivity contribution >= 4 is 5.69 Å². The zero-order valence-corrected chi connectivity index (χ0v) is 6.94. The number of anilines is 1. The number of nitrogens with zero attached hydrogens (tertiary/aromatic N) is 1. The number of hydrogen-bond acceptors (Lipinski definition) is 4. The van der Waals surface area contributed by atoms with Crippen LogP contribution in [-0.2, 0) is 0 Å². The van der Waals surface area contributed by atoms with Gasteiger partial charge in [0.1, 0.15) is 0 Å². The van der Waals surface area contributed by atoms with E-state index in [9.17, 15) is 5.11 Å². The molecule has 1 rings (SSSR count). The van der Waals surface area contributed by atoms with Crippen molar-refractivity contribution < 1.29 is 5.11 Å². The third-order valence-corrected chi connectivity index (χ3v) is 1.71. The van der Waals surface area contributed by atoms with E-state index in [0.717, 1.165) is 0 Å². The summed E-state index contributed by atoms with van der Waals surface area (Å²) in [6.07, 6.45) is 0.968. The van der Waals surface area contributed by atoms with Crippen molar-refractivity contribution in [2.24, 2.45) is 5.73 Å². The number of aliphatic hydroxyl groups excluding tert-OH is 1. The van der Waals surface area contributed by atoms with Gasteiger partial charge in [-0.3, -0.25) is 4.98 Å². The van der Waals surface area contributed by atoms with Gasteiger partial charge in [-0.15, -0.1) is 0 Å². The summed E-state index contributed by atoms with van der Waals surface area (Å²) in [5, 5.41) is 9.18. The Labute approximate surface area is 71.2 Å². The number of pyridine rings is 1. The van der Waals surface area contributed by atoms with E-state index >= 15 is 0 Å². The van der Waals surface area contributed by atoms with E-state index in [-0.39, 0.29) is 0 Å². The smallest absolute Gasteiger partial charge is 0.0826 e. The Morgan fingerprint density at radius 1 is 1.58 bits per heavy atom. The second-order valence-electron chi connectivity index (χ2n) is 2.74. The fraction of sp³-hybridized carbons (Fsp3) is 0.375. The first-order chi connectivity index (χ1) is 5.63. The largest absolute Gasteiger partial charge is 0.397 e. The van der Waals surface area contributed by atoms with Crippen LogP contribution in [0.15, 0.2) is 18.3 Å². The Balaban J connectivity index is 2.94. The summed E-state index contributed by atoms with van der Waals surface area (Å²) >= 11 is 0. The zero-order chi connectivity index (χ0) is 9.14. The molecule has 2 unspecified atom stereocenters. The van der Waals surface area contributed by atoms with E-state index < -0.39 is 12.1 Å². The molecule has 66 valence electrons. The number of aromatic nitrogens is 1. The molecular formula is C8H13N3O. The lowest BCUT2D eigenvalue weighted by atomic mass is 10.1. The lowest BCUT2D eigenvalue weighted by Crippen LogP contribution is -2.25. The van der Waals surface area contributed by atoms with Crippen molar-refractivity contribution in [3.05, 3.63) is 24.0 Å². The SMILES string of the molecule is CC(O)C(N)c1ncccc1N. The van der Waals surface area contributed by atoms with E-state index in [4.69, 9.17) is 11.5 Å². The van der Waals surface area contributed by atoms with Gasteiger partial charge in [-0.2, -0.15) is 0 Å². The Morgan fingerprint density at radius 3 is 2.75 bits per heavy atom. The third-order valence-electron chi connectivity index (χ3n) is 1.71. The molecule has 0 spiro atoms.